The largest absolute Gasteiger partial charge is 0.464 e. The van der Waals surface area contributed by atoms with Crippen LogP contribution in [0.2, 0.25) is 0 Å². The molecular weight excluding hydrogens is 354 g/mol. The quantitative estimate of drug-likeness (QED) is 0.359. The fourth-order valence-electron chi connectivity index (χ4n) is 1.08. The van der Waals surface area contributed by atoms with E-state index in [2.05, 4.69) is 9.72 Å². The predicted octanol–water partition coefficient (Wildman–Crippen LogP) is 3.15. The summed E-state index contributed by atoms with van der Waals surface area (Å²) in [5, 5.41) is 0. The van der Waals surface area contributed by atoms with Gasteiger partial charge >= 0.3 is 5.97 Å². The van der Waals surface area contributed by atoms with E-state index in [4.69, 9.17) is 11.6 Å². The van der Waals surface area contributed by atoms with Crippen LogP contribution in [0, 0.1) is 3.70 Å². The first-order chi connectivity index (χ1) is 7.51. The lowest BCUT2D eigenvalue weighted by molar-refractivity contribution is 0.0592. The Bertz CT molecular complexity index is 415. The molecule has 88 valence electrons. The Labute approximate surface area is 109 Å². The van der Waals surface area contributed by atoms with Crippen LogP contribution in [-0.2, 0) is 10.6 Å². The molecule has 1 aromatic heterocycles. The number of esters is 1. The standard InChI is InChI=1S/C9H7ClF2INO2/c1-16-9(15)6-4(3-10)2-5(7(11)12)8(13)14-6/h2,7H,3H2,1H3. The molecule has 0 aliphatic carbocycles. The fraction of sp³-hybridized carbons (Fsp3) is 0.333. The van der Waals surface area contributed by atoms with Crippen molar-refractivity contribution in [3.8, 4) is 0 Å². The van der Waals surface area contributed by atoms with Crippen LogP contribution in [0.25, 0.3) is 0 Å². The molecule has 1 heterocycles. The van der Waals surface area contributed by atoms with Crippen LogP contribution < -0.4 is 0 Å². The molecule has 0 aromatic carbocycles. The van der Waals surface area contributed by atoms with Crippen molar-refractivity contribution in [2.24, 2.45) is 0 Å². The molecule has 16 heavy (non-hydrogen) atoms. The van der Waals surface area contributed by atoms with Crippen molar-refractivity contribution in [2.75, 3.05) is 7.11 Å². The zero-order valence-electron chi connectivity index (χ0n) is 8.14. The van der Waals surface area contributed by atoms with E-state index >= 15 is 0 Å². The molecule has 0 aliphatic heterocycles. The number of methoxy groups -OCH3 is 1. The van der Waals surface area contributed by atoms with Crippen LogP contribution in [0.3, 0.4) is 0 Å². The summed E-state index contributed by atoms with van der Waals surface area (Å²) in [5.41, 5.74) is -0.0144. The second kappa shape index (κ2) is 5.72. The van der Waals surface area contributed by atoms with Crippen molar-refractivity contribution in [1.29, 1.82) is 0 Å². The van der Waals surface area contributed by atoms with E-state index in [1.165, 1.54) is 13.2 Å². The molecule has 0 fully saturated rings. The molecule has 1 rings (SSSR count). The molecule has 0 saturated carbocycles. The van der Waals surface area contributed by atoms with Gasteiger partial charge in [0.25, 0.3) is 6.43 Å². The van der Waals surface area contributed by atoms with E-state index in [1.807, 2.05) is 0 Å². The van der Waals surface area contributed by atoms with Crippen LogP contribution in [-0.4, -0.2) is 18.1 Å². The van der Waals surface area contributed by atoms with Gasteiger partial charge in [0.1, 0.15) is 3.70 Å². The Hall–Kier alpha value is -0.500. The average Bonchev–Trinajstić information content (AvgIpc) is 2.27. The van der Waals surface area contributed by atoms with Crippen molar-refractivity contribution < 1.29 is 18.3 Å². The Balaban J connectivity index is 3.32. The highest BCUT2D eigenvalue weighted by Crippen LogP contribution is 2.26. The summed E-state index contributed by atoms with van der Waals surface area (Å²) in [6, 6.07) is 1.18. The Morgan fingerprint density at radius 1 is 1.69 bits per heavy atom. The first-order valence-electron chi connectivity index (χ1n) is 4.13. The van der Waals surface area contributed by atoms with Crippen molar-refractivity contribution in [1.82, 2.24) is 4.98 Å². The molecule has 0 unspecified atom stereocenters. The highest BCUT2D eigenvalue weighted by molar-refractivity contribution is 14.1. The molecule has 0 spiro atoms. The number of halogens is 4. The molecule has 1 aromatic rings. The number of hydrogen-bond donors (Lipinski definition) is 0. The third kappa shape index (κ3) is 2.79. The van der Waals surface area contributed by atoms with Gasteiger partial charge in [-0.15, -0.1) is 11.6 Å². The molecular formula is C9H7ClF2INO2. The lowest BCUT2D eigenvalue weighted by atomic mass is 10.1. The number of carbonyl (C=O) groups excluding carboxylic acids is 1. The molecule has 0 N–H and O–H groups in total. The summed E-state index contributed by atoms with van der Waals surface area (Å²) in [6.07, 6.45) is -2.65. The van der Waals surface area contributed by atoms with Gasteiger partial charge in [-0.25, -0.2) is 18.6 Å². The molecule has 0 amide bonds. The molecule has 0 radical (unpaired) electrons. The maximum absolute atomic E-state index is 12.6. The maximum Gasteiger partial charge on any atom is 0.357 e. The molecule has 0 saturated heterocycles. The lowest BCUT2D eigenvalue weighted by Gasteiger charge is -2.09. The van der Waals surface area contributed by atoms with Crippen LogP contribution in [0.1, 0.15) is 28.0 Å². The summed E-state index contributed by atoms with van der Waals surface area (Å²) >= 11 is 7.21. The van der Waals surface area contributed by atoms with Crippen LogP contribution in [0.4, 0.5) is 8.78 Å². The van der Waals surface area contributed by atoms with E-state index in [-0.39, 0.29) is 26.4 Å². The average molecular weight is 362 g/mol. The first-order valence-corrected chi connectivity index (χ1v) is 5.74. The third-order valence-electron chi connectivity index (χ3n) is 1.84. The normalized spacial score (nSPS) is 10.6. The number of aromatic nitrogens is 1. The van der Waals surface area contributed by atoms with Gasteiger partial charge in [-0.05, 0) is 28.7 Å². The number of alkyl halides is 3. The fourth-order valence-corrected chi connectivity index (χ4v) is 1.91. The van der Waals surface area contributed by atoms with Crippen molar-refractivity contribution in [2.45, 2.75) is 12.3 Å². The van der Waals surface area contributed by atoms with Gasteiger partial charge in [-0.2, -0.15) is 0 Å². The second-order valence-electron chi connectivity index (χ2n) is 2.80. The zero-order valence-corrected chi connectivity index (χ0v) is 11.1. The summed E-state index contributed by atoms with van der Waals surface area (Å²) < 4.78 is 29.7. The molecule has 0 aliphatic rings. The molecule has 7 heteroatoms. The topological polar surface area (TPSA) is 39.2 Å². The van der Waals surface area contributed by atoms with Crippen molar-refractivity contribution >= 4 is 40.2 Å². The highest BCUT2D eigenvalue weighted by Gasteiger charge is 2.20. The van der Waals surface area contributed by atoms with Gasteiger partial charge in [-0.1, -0.05) is 0 Å². The van der Waals surface area contributed by atoms with Crippen molar-refractivity contribution in [3.05, 3.63) is 26.6 Å². The van der Waals surface area contributed by atoms with E-state index in [9.17, 15) is 13.6 Å². The minimum atomic E-state index is -2.65. The number of ether oxygens (including phenoxy) is 1. The van der Waals surface area contributed by atoms with Gasteiger partial charge < -0.3 is 4.74 Å². The van der Waals surface area contributed by atoms with E-state index in [1.54, 1.807) is 22.6 Å². The Morgan fingerprint density at radius 2 is 2.31 bits per heavy atom. The Morgan fingerprint density at radius 3 is 2.75 bits per heavy atom. The van der Waals surface area contributed by atoms with Crippen LogP contribution >= 0.6 is 34.2 Å². The number of carbonyl (C=O) groups is 1. The number of rotatable bonds is 3. The summed E-state index contributed by atoms with van der Waals surface area (Å²) in [7, 11) is 1.19. The summed E-state index contributed by atoms with van der Waals surface area (Å²) in [5.74, 6) is -0.761. The number of nitrogens with zero attached hydrogens (tertiary/aromatic N) is 1. The van der Waals surface area contributed by atoms with Gasteiger partial charge in [0.15, 0.2) is 5.69 Å². The highest BCUT2D eigenvalue weighted by atomic mass is 127. The minimum Gasteiger partial charge on any atom is -0.464 e. The maximum atomic E-state index is 12.6. The summed E-state index contributed by atoms with van der Waals surface area (Å²) in [6.45, 7) is 0. The smallest absolute Gasteiger partial charge is 0.357 e. The Kier molecular flexibility index (Phi) is 4.85. The summed E-state index contributed by atoms with van der Waals surface area (Å²) in [4.78, 5) is 15.1. The number of pyridine rings is 1. The van der Waals surface area contributed by atoms with Crippen molar-refractivity contribution in [3.63, 3.8) is 0 Å². The van der Waals surface area contributed by atoms with Gasteiger partial charge in [0.05, 0.1) is 12.7 Å². The molecule has 0 bridgehead atoms. The zero-order chi connectivity index (χ0) is 12.3. The monoisotopic (exact) mass is 361 g/mol. The van der Waals surface area contributed by atoms with E-state index < -0.39 is 12.4 Å². The predicted molar refractivity (Wildman–Crippen MR) is 62.8 cm³/mol. The van der Waals surface area contributed by atoms with Crippen LogP contribution in [0.15, 0.2) is 6.07 Å². The van der Waals surface area contributed by atoms with Gasteiger partial charge in [-0.3, -0.25) is 0 Å². The SMILES string of the molecule is COC(=O)c1nc(I)c(C(F)F)cc1CCl. The minimum absolute atomic E-state index is 0.0219. The number of hydrogen-bond acceptors (Lipinski definition) is 3. The van der Waals surface area contributed by atoms with E-state index in [0.717, 1.165) is 0 Å². The van der Waals surface area contributed by atoms with Gasteiger partial charge in [0.2, 0.25) is 0 Å². The van der Waals surface area contributed by atoms with Gasteiger partial charge in [0, 0.05) is 11.4 Å². The lowest BCUT2D eigenvalue weighted by Crippen LogP contribution is -2.11. The van der Waals surface area contributed by atoms with E-state index in [0.29, 0.717) is 0 Å². The molecule has 0 atom stereocenters. The second-order valence-corrected chi connectivity index (χ2v) is 4.09. The third-order valence-corrected chi connectivity index (χ3v) is 2.99. The molecule has 3 nitrogen and oxygen atoms in total. The van der Waals surface area contributed by atoms with Crippen LogP contribution in [0.5, 0.6) is 0 Å². The first kappa shape index (κ1) is 13.6.